The number of nitrogens with zero attached hydrogens (tertiary/aromatic N) is 1. The van der Waals surface area contributed by atoms with E-state index in [1.165, 1.54) is 0 Å². The predicted molar refractivity (Wildman–Crippen MR) is 71.1 cm³/mol. The summed E-state index contributed by atoms with van der Waals surface area (Å²) in [6.07, 6.45) is 1.58. The number of carboxylic acid groups (broad SMARTS) is 1. The molecule has 0 aliphatic heterocycles. The number of carboxylic acids is 1. The molecule has 0 bridgehead atoms. The van der Waals surface area contributed by atoms with Gasteiger partial charge in [-0.1, -0.05) is 30.3 Å². The smallest absolute Gasteiger partial charge is 0.335 e. The molecule has 90 valence electrons. The number of benzene rings is 2. The summed E-state index contributed by atoms with van der Waals surface area (Å²) in [7, 11) is 0. The van der Waals surface area contributed by atoms with Crippen molar-refractivity contribution >= 4 is 17.9 Å². The van der Waals surface area contributed by atoms with Crippen LogP contribution in [-0.2, 0) is 0 Å². The molecule has 0 heterocycles. The number of nitrogens with one attached hydrogen (secondary N) is 1. The van der Waals surface area contributed by atoms with E-state index in [1.807, 2.05) is 30.3 Å². The van der Waals surface area contributed by atoms with Crippen molar-refractivity contribution in [2.45, 2.75) is 0 Å². The lowest BCUT2D eigenvalue weighted by molar-refractivity contribution is 0.0697. The molecular formula is C14H12N2O2. The van der Waals surface area contributed by atoms with E-state index in [4.69, 9.17) is 5.11 Å². The molecular weight excluding hydrogens is 228 g/mol. The summed E-state index contributed by atoms with van der Waals surface area (Å²) in [5.74, 6) is -0.943. The Morgan fingerprint density at radius 2 is 1.89 bits per heavy atom. The highest BCUT2D eigenvalue weighted by Gasteiger charge is 2.01. The highest BCUT2D eigenvalue weighted by Crippen LogP contribution is 2.06. The fraction of sp³-hybridized carbons (Fsp3) is 0. The second-order valence-corrected chi connectivity index (χ2v) is 3.67. The maximum Gasteiger partial charge on any atom is 0.335 e. The van der Waals surface area contributed by atoms with E-state index < -0.39 is 5.97 Å². The Morgan fingerprint density at radius 3 is 2.61 bits per heavy atom. The van der Waals surface area contributed by atoms with Gasteiger partial charge < -0.3 is 5.11 Å². The SMILES string of the molecule is O=C(O)c1cccc(C=NNc2ccccc2)c1. The fourth-order valence-electron chi connectivity index (χ4n) is 1.45. The van der Waals surface area contributed by atoms with E-state index in [0.717, 1.165) is 11.3 Å². The van der Waals surface area contributed by atoms with Crippen molar-refractivity contribution in [2.24, 2.45) is 5.10 Å². The van der Waals surface area contributed by atoms with Crippen molar-refractivity contribution in [3.8, 4) is 0 Å². The van der Waals surface area contributed by atoms with Gasteiger partial charge in [0.1, 0.15) is 0 Å². The average Bonchev–Trinajstić information content (AvgIpc) is 2.40. The van der Waals surface area contributed by atoms with Crippen molar-refractivity contribution in [1.29, 1.82) is 0 Å². The van der Waals surface area contributed by atoms with Gasteiger partial charge in [-0.25, -0.2) is 4.79 Å². The maximum absolute atomic E-state index is 10.8. The van der Waals surface area contributed by atoms with Crippen molar-refractivity contribution in [2.75, 3.05) is 5.43 Å². The Morgan fingerprint density at radius 1 is 1.11 bits per heavy atom. The van der Waals surface area contributed by atoms with Crippen molar-refractivity contribution in [1.82, 2.24) is 0 Å². The molecule has 0 radical (unpaired) electrons. The Labute approximate surface area is 105 Å². The van der Waals surface area contributed by atoms with Crippen LogP contribution in [0.3, 0.4) is 0 Å². The summed E-state index contributed by atoms with van der Waals surface area (Å²) >= 11 is 0. The van der Waals surface area contributed by atoms with Crippen LogP contribution in [0.5, 0.6) is 0 Å². The Balaban J connectivity index is 2.05. The average molecular weight is 240 g/mol. The summed E-state index contributed by atoms with van der Waals surface area (Å²) < 4.78 is 0. The highest BCUT2D eigenvalue weighted by molar-refractivity contribution is 5.91. The summed E-state index contributed by atoms with van der Waals surface area (Å²) in [6, 6.07) is 16.1. The zero-order chi connectivity index (χ0) is 12.8. The van der Waals surface area contributed by atoms with Gasteiger partial charge in [-0.3, -0.25) is 5.43 Å². The standard InChI is InChI=1S/C14H12N2O2/c17-14(18)12-6-4-5-11(9-12)10-15-16-13-7-2-1-3-8-13/h1-10,16H,(H,17,18). The van der Waals surface area contributed by atoms with Crippen LogP contribution in [0, 0.1) is 0 Å². The van der Waals surface area contributed by atoms with Gasteiger partial charge in [-0.05, 0) is 29.8 Å². The lowest BCUT2D eigenvalue weighted by Crippen LogP contribution is -1.97. The Bertz CT molecular complexity index is 565. The fourth-order valence-corrected chi connectivity index (χ4v) is 1.45. The summed E-state index contributed by atoms with van der Waals surface area (Å²) in [4.78, 5) is 10.8. The molecule has 2 rings (SSSR count). The van der Waals surface area contributed by atoms with Gasteiger partial charge in [-0.2, -0.15) is 5.10 Å². The number of anilines is 1. The Hall–Kier alpha value is -2.62. The minimum Gasteiger partial charge on any atom is -0.478 e. The van der Waals surface area contributed by atoms with Crippen molar-refractivity contribution in [3.05, 3.63) is 65.7 Å². The third-order valence-electron chi connectivity index (χ3n) is 2.31. The van der Waals surface area contributed by atoms with Crippen LogP contribution in [0.1, 0.15) is 15.9 Å². The van der Waals surface area contributed by atoms with Crippen LogP contribution in [0.2, 0.25) is 0 Å². The van der Waals surface area contributed by atoms with Gasteiger partial charge in [-0.15, -0.1) is 0 Å². The predicted octanol–water partition coefficient (Wildman–Crippen LogP) is 2.83. The largest absolute Gasteiger partial charge is 0.478 e. The van der Waals surface area contributed by atoms with Crippen molar-refractivity contribution in [3.63, 3.8) is 0 Å². The van der Waals surface area contributed by atoms with E-state index in [-0.39, 0.29) is 5.56 Å². The van der Waals surface area contributed by atoms with Crippen LogP contribution in [0.4, 0.5) is 5.69 Å². The molecule has 0 aromatic heterocycles. The van der Waals surface area contributed by atoms with Crippen LogP contribution >= 0.6 is 0 Å². The first-order chi connectivity index (χ1) is 8.75. The first-order valence-corrected chi connectivity index (χ1v) is 5.43. The van der Waals surface area contributed by atoms with Gasteiger partial charge in [0.2, 0.25) is 0 Å². The van der Waals surface area contributed by atoms with Gasteiger partial charge in [0.15, 0.2) is 0 Å². The molecule has 4 nitrogen and oxygen atoms in total. The normalized spacial score (nSPS) is 10.4. The minimum atomic E-state index is -0.943. The number of rotatable bonds is 4. The molecule has 0 saturated heterocycles. The second kappa shape index (κ2) is 5.63. The molecule has 0 fully saturated rings. The molecule has 0 unspecified atom stereocenters. The van der Waals surface area contributed by atoms with Gasteiger partial charge in [0, 0.05) is 0 Å². The molecule has 0 saturated carbocycles. The van der Waals surface area contributed by atoms with Crippen LogP contribution in [0.15, 0.2) is 59.7 Å². The van der Waals surface area contributed by atoms with Crippen LogP contribution in [0.25, 0.3) is 0 Å². The third kappa shape index (κ3) is 3.18. The monoisotopic (exact) mass is 240 g/mol. The molecule has 2 aromatic carbocycles. The molecule has 0 amide bonds. The van der Waals surface area contributed by atoms with Crippen molar-refractivity contribution < 1.29 is 9.90 Å². The molecule has 0 atom stereocenters. The zero-order valence-electron chi connectivity index (χ0n) is 9.58. The molecule has 2 N–H and O–H groups in total. The summed E-state index contributed by atoms with van der Waals surface area (Å²) in [6.45, 7) is 0. The minimum absolute atomic E-state index is 0.249. The van der Waals surface area contributed by atoms with E-state index in [0.29, 0.717) is 0 Å². The van der Waals surface area contributed by atoms with Gasteiger partial charge in [0.25, 0.3) is 0 Å². The molecule has 4 heteroatoms. The number of hydrazone groups is 1. The number of aromatic carboxylic acids is 1. The number of hydrogen-bond acceptors (Lipinski definition) is 3. The zero-order valence-corrected chi connectivity index (χ0v) is 9.58. The topological polar surface area (TPSA) is 61.7 Å². The van der Waals surface area contributed by atoms with Gasteiger partial charge >= 0.3 is 5.97 Å². The molecule has 0 aliphatic rings. The number of carbonyl (C=O) groups is 1. The van der Waals surface area contributed by atoms with Crippen LogP contribution in [-0.4, -0.2) is 17.3 Å². The first-order valence-electron chi connectivity index (χ1n) is 5.43. The number of hydrogen-bond donors (Lipinski definition) is 2. The van der Waals surface area contributed by atoms with Crippen LogP contribution < -0.4 is 5.43 Å². The van der Waals surface area contributed by atoms with Gasteiger partial charge in [0.05, 0.1) is 17.5 Å². The second-order valence-electron chi connectivity index (χ2n) is 3.67. The highest BCUT2D eigenvalue weighted by atomic mass is 16.4. The lowest BCUT2D eigenvalue weighted by atomic mass is 10.1. The van der Waals surface area contributed by atoms with E-state index in [9.17, 15) is 4.79 Å². The summed E-state index contributed by atoms with van der Waals surface area (Å²) in [5, 5.41) is 12.9. The van der Waals surface area contributed by atoms with E-state index in [2.05, 4.69) is 10.5 Å². The van der Waals surface area contributed by atoms with E-state index in [1.54, 1.807) is 30.5 Å². The van der Waals surface area contributed by atoms with E-state index >= 15 is 0 Å². The third-order valence-corrected chi connectivity index (χ3v) is 2.31. The maximum atomic E-state index is 10.8. The Kier molecular flexibility index (Phi) is 3.71. The molecule has 0 spiro atoms. The molecule has 18 heavy (non-hydrogen) atoms. The molecule has 2 aromatic rings. The summed E-state index contributed by atoms with van der Waals surface area (Å²) in [5.41, 5.74) is 4.73. The first kappa shape index (κ1) is 11.9. The molecule has 0 aliphatic carbocycles. The quantitative estimate of drug-likeness (QED) is 0.638. The lowest BCUT2D eigenvalue weighted by Gasteiger charge is -1.99. The number of para-hydroxylation sites is 1.